The third-order valence-corrected chi connectivity index (χ3v) is 5.06. The van der Waals surface area contributed by atoms with Crippen molar-refractivity contribution in [2.45, 2.75) is 20.3 Å². The molecule has 162 valence electrons. The van der Waals surface area contributed by atoms with E-state index in [1.54, 1.807) is 0 Å². The van der Waals surface area contributed by atoms with Gasteiger partial charge in [-0.1, -0.05) is 36.4 Å². The summed E-state index contributed by atoms with van der Waals surface area (Å²) in [5, 5.41) is 5.84. The summed E-state index contributed by atoms with van der Waals surface area (Å²) in [7, 11) is 0. The van der Waals surface area contributed by atoms with Crippen LogP contribution in [0, 0.1) is 13.8 Å². The van der Waals surface area contributed by atoms with Gasteiger partial charge in [-0.05, 0) is 73.1 Å². The van der Waals surface area contributed by atoms with Crippen molar-refractivity contribution in [3.8, 4) is 5.75 Å². The standard InChI is InChI=1S/C25H23N3O3S/c1-16-7-12-22-20(13-16)27-24(31-22)14-18-8-10-19(11-9-18)26-25(32)28-23(29)15-30-21-6-4-3-5-17(21)2/h3-13H,14-15H2,1-2H3,(H2,26,28,29,32). The van der Waals surface area contributed by atoms with Crippen LogP contribution in [0.3, 0.4) is 0 Å². The minimum atomic E-state index is -0.325. The Morgan fingerprint density at radius 2 is 1.84 bits per heavy atom. The quantitative estimate of drug-likeness (QED) is 0.410. The molecule has 0 atom stereocenters. The van der Waals surface area contributed by atoms with Crippen LogP contribution in [0.1, 0.15) is 22.6 Å². The molecule has 0 radical (unpaired) electrons. The fourth-order valence-corrected chi connectivity index (χ4v) is 3.46. The molecule has 0 unspecified atom stereocenters. The van der Waals surface area contributed by atoms with Gasteiger partial charge in [0.2, 0.25) is 0 Å². The Hall–Kier alpha value is -3.71. The molecule has 0 aliphatic heterocycles. The highest BCUT2D eigenvalue weighted by molar-refractivity contribution is 7.80. The molecule has 2 N–H and O–H groups in total. The van der Waals surface area contributed by atoms with Crippen LogP contribution in [0.2, 0.25) is 0 Å². The highest BCUT2D eigenvalue weighted by Crippen LogP contribution is 2.20. The molecule has 6 nitrogen and oxygen atoms in total. The molecule has 1 amide bonds. The second-order valence-electron chi connectivity index (χ2n) is 7.51. The maximum absolute atomic E-state index is 12.1. The predicted octanol–water partition coefficient (Wildman–Crippen LogP) is 4.93. The van der Waals surface area contributed by atoms with Crippen molar-refractivity contribution in [3.05, 3.63) is 89.3 Å². The van der Waals surface area contributed by atoms with Crippen LogP contribution in [-0.2, 0) is 11.2 Å². The van der Waals surface area contributed by atoms with Crippen LogP contribution in [0.15, 0.2) is 71.1 Å². The molecule has 0 spiro atoms. The average Bonchev–Trinajstić information content (AvgIpc) is 3.16. The summed E-state index contributed by atoms with van der Waals surface area (Å²) in [5.74, 6) is 1.02. The Morgan fingerprint density at radius 1 is 1.06 bits per heavy atom. The van der Waals surface area contributed by atoms with Gasteiger partial charge >= 0.3 is 0 Å². The topological polar surface area (TPSA) is 76.4 Å². The zero-order valence-corrected chi connectivity index (χ0v) is 18.7. The molecule has 0 bridgehead atoms. The highest BCUT2D eigenvalue weighted by Gasteiger charge is 2.09. The Morgan fingerprint density at radius 3 is 2.62 bits per heavy atom. The minimum absolute atomic E-state index is 0.115. The van der Waals surface area contributed by atoms with E-state index in [-0.39, 0.29) is 17.6 Å². The number of ether oxygens (including phenoxy) is 1. The van der Waals surface area contributed by atoms with Gasteiger partial charge in [-0.3, -0.25) is 10.1 Å². The first kappa shape index (κ1) is 21.5. The molecule has 0 saturated heterocycles. The normalized spacial score (nSPS) is 10.7. The van der Waals surface area contributed by atoms with Gasteiger partial charge in [0.1, 0.15) is 11.3 Å². The zero-order valence-electron chi connectivity index (χ0n) is 17.8. The molecule has 32 heavy (non-hydrogen) atoms. The van der Waals surface area contributed by atoms with E-state index in [1.807, 2.05) is 80.6 Å². The van der Waals surface area contributed by atoms with E-state index in [2.05, 4.69) is 15.6 Å². The van der Waals surface area contributed by atoms with E-state index in [0.717, 1.165) is 33.5 Å². The van der Waals surface area contributed by atoms with Crippen molar-refractivity contribution in [1.29, 1.82) is 0 Å². The van der Waals surface area contributed by atoms with Crippen LogP contribution in [0.5, 0.6) is 5.75 Å². The minimum Gasteiger partial charge on any atom is -0.483 e. The van der Waals surface area contributed by atoms with Crippen LogP contribution in [0.4, 0.5) is 5.69 Å². The average molecular weight is 446 g/mol. The van der Waals surface area contributed by atoms with Gasteiger partial charge in [0.15, 0.2) is 23.2 Å². The molecule has 0 aliphatic rings. The van der Waals surface area contributed by atoms with Crippen molar-refractivity contribution < 1.29 is 13.9 Å². The van der Waals surface area contributed by atoms with Crippen molar-refractivity contribution in [3.63, 3.8) is 0 Å². The maximum atomic E-state index is 12.1. The number of aromatic nitrogens is 1. The summed E-state index contributed by atoms with van der Waals surface area (Å²) in [5.41, 5.74) is 5.60. The van der Waals surface area contributed by atoms with Crippen molar-refractivity contribution in [2.75, 3.05) is 11.9 Å². The monoisotopic (exact) mass is 445 g/mol. The number of carbonyl (C=O) groups excluding carboxylic acids is 1. The number of benzene rings is 3. The molecule has 1 aromatic heterocycles. The number of aryl methyl sites for hydroxylation is 2. The first-order valence-electron chi connectivity index (χ1n) is 10.2. The number of nitrogens with one attached hydrogen (secondary N) is 2. The predicted molar refractivity (Wildman–Crippen MR) is 129 cm³/mol. The van der Waals surface area contributed by atoms with Gasteiger partial charge in [-0.25, -0.2) is 4.98 Å². The molecule has 0 fully saturated rings. The van der Waals surface area contributed by atoms with Gasteiger partial charge < -0.3 is 14.5 Å². The van der Waals surface area contributed by atoms with E-state index in [9.17, 15) is 4.79 Å². The highest BCUT2D eigenvalue weighted by atomic mass is 32.1. The molecule has 4 aromatic rings. The third-order valence-electron chi connectivity index (χ3n) is 4.86. The number of oxazole rings is 1. The second kappa shape index (κ2) is 9.62. The SMILES string of the molecule is Cc1ccc2oc(Cc3ccc(NC(=S)NC(=O)COc4ccccc4C)cc3)nc2c1. The summed E-state index contributed by atoms with van der Waals surface area (Å²) in [6.45, 7) is 3.84. The fraction of sp³-hybridized carbons (Fsp3) is 0.160. The molecule has 0 aliphatic carbocycles. The first-order chi connectivity index (χ1) is 15.5. The zero-order chi connectivity index (χ0) is 22.5. The number of nitrogens with zero attached hydrogens (tertiary/aromatic N) is 1. The number of rotatable bonds is 6. The van der Waals surface area contributed by atoms with Crippen LogP contribution >= 0.6 is 12.2 Å². The Kier molecular flexibility index (Phi) is 6.47. The lowest BCUT2D eigenvalue weighted by molar-refractivity contribution is -0.121. The first-order valence-corrected chi connectivity index (χ1v) is 10.6. The third kappa shape index (κ3) is 5.50. The number of hydrogen-bond acceptors (Lipinski definition) is 5. The summed E-state index contributed by atoms with van der Waals surface area (Å²) in [4.78, 5) is 16.7. The number of fused-ring (bicyclic) bond motifs is 1. The van der Waals surface area contributed by atoms with E-state index in [1.165, 1.54) is 0 Å². The largest absolute Gasteiger partial charge is 0.483 e. The molecular weight excluding hydrogens is 422 g/mol. The van der Waals surface area contributed by atoms with E-state index in [4.69, 9.17) is 21.4 Å². The lowest BCUT2D eigenvalue weighted by atomic mass is 10.1. The van der Waals surface area contributed by atoms with Gasteiger partial charge in [-0.15, -0.1) is 0 Å². The van der Waals surface area contributed by atoms with Gasteiger partial charge in [0.25, 0.3) is 5.91 Å². The van der Waals surface area contributed by atoms with E-state index >= 15 is 0 Å². The van der Waals surface area contributed by atoms with Gasteiger partial charge in [-0.2, -0.15) is 0 Å². The molecule has 4 rings (SSSR count). The Bertz CT molecular complexity index is 1270. The molecule has 3 aromatic carbocycles. The van der Waals surface area contributed by atoms with E-state index in [0.29, 0.717) is 18.1 Å². The molecule has 0 saturated carbocycles. The summed E-state index contributed by atoms with van der Waals surface area (Å²) in [6.07, 6.45) is 0.589. The number of anilines is 1. The Balaban J connectivity index is 1.28. The number of carbonyl (C=O) groups is 1. The number of para-hydroxylation sites is 1. The lowest BCUT2D eigenvalue weighted by Crippen LogP contribution is -2.37. The molecular formula is C25H23N3O3S. The Labute approximate surface area is 191 Å². The number of thiocarbonyl (C=S) groups is 1. The summed E-state index contributed by atoms with van der Waals surface area (Å²) < 4.78 is 11.4. The van der Waals surface area contributed by atoms with Crippen LogP contribution < -0.4 is 15.4 Å². The van der Waals surface area contributed by atoms with Gasteiger partial charge in [0.05, 0.1) is 0 Å². The van der Waals surface area contributed by atoms with Crippen molar-refractivity contribution >= 4 is 40.0 Å². The summed E-state index contributed by atoms with van der Waals surface area (Å²) in [6, 6.07) is 21.2. The number of amides is 1. The fourth-order valence-electron chi connectivity index (χ4n) is 3.23. The maximum Gasteiger partial charge on any atom is 0.264 e. The van der Waals surface area contributed by atoms with Crippen LogP contribution in [0.25, 0.3) is 11.1 Å². The lowest BCUT2D eigenvalue weighted by Gasteiger charge is -2.11. The van der Waals surface area contributed by atoms with Crippen LogP contribution in [-0.4, -0.2) is 22.6 Å². The smallest absolute Gasteiger partial charge is 0.264 e. The number of hydrogen-bond donors (Lipinski definition) is 2. The second-order valence-corrected chi connectivity index (χ2v) is 7.92. The molecule has 7 heteroatoms. The van der Waals surface area contributed by atoms with E-state index < -0.39 is 0 Å². The van der Waals surface area contributed by atoms with Crippen molar-refractivity contribution in [2.24, 2.45) is 0 Å². The van der Waals surface area contributed by atoms with Gasteiger partial charge in [0, 0.05) is 12.1 Å². The van der Waals surface area contributed by atoms with Crippen molar-refractivity contribution in [1.82, 2.24) is 10.3 Å². The summed E-state index contributed by atoms with van der Waals surface area (Å²) >= 11 is 5.23. The molecule has 1 heterocycles.